The van der Waals surface area contributed by atoms with Gasteiger partial charge in [-0.25, -0.2) is 4.98 Å². The van der Waals surface area contributed by atoms with Crippen molar-refractivity contribution in [2.75, 3.05) is 5.73 Å². The van der Waals surface area contributed by atoms with Gasteiger partial charge in [-0.15, -0.1) is 0 Å². The van der Waals surface area contributed by atoms with Gasteiger partial charge < -0.3 is 5.73 Å². The zero-order valence-electron chi connectivity index (χ0n) is 6.16. The van der Waals surface area contributed by atoms with E-state index in [4.69, 9.17) is 17.3 Å². The monoisotopic (exact) mass is 179 g/mol. The van der Waals surface area contributed by atoms with Crippen molar-refractivity contribution in [2.24, 2.45) is 0 Å². The van der Waals surface area contributed by atoms with Crippen LogP contribution < -0.4 is 5.73 Å². The number of nitrogens with zero attached hydrogens (tertiary/aromatic N) is 2. The van der Waals surface area contributed by atoms with Crippen LogP contribution in [-0.4, -0.2) is 9.97 Å². The van der Waals surface area contributed by atoms with Crippen LogP contribution >= 0.6 is 11.6 Å². The summed E-state index contributed by atoms with van der Waals surface area (Å²) >= 11 is 5.80. The van der Waals surface area contributed by atoms with Crippen molar-refractivity contribution in [3.05, 3.63) is 29.7 Å². The van der Waals surface area contributed by atoms with Crippen LogP contribution in [0.3, 0.4) is 0 Å². The second-order valence-electron chi connectivity index (χ2n) is 2.40. The fourth-order valence-electron chi connectivity index (χ4n) is 1.06. The third-order valence-electron chi connectivity index (χ3n) is 1.63. The molecule has 60 valence electrons. The fraction of sp³-hybridized carbons (Fsp3) is 0. The minimum absolute atomic E-state index is 0.389. The van der Waals surface area contributed by atoms with Crippen LogP contribution in [-0.2, 0) is 0 Å². The molecule has 0 saturated heterocycles. The molecule has 2 N–H and O–H groups in total. The first-order valence-electron chi connectivity index (χ1n) is 3.44. The molecule has 0 aromatic carbocycles. The molecule has 3 nitrogen and oxygen atoms in total. The topological polar surface area (TPSA) is 51.8 Å². The lowest BCUT2D eigenvalue weighted by molar-refractivity contribution is 1.31. The summed E-state index contributed by atoms with van der Waals surface area (Å²) in [5.74, 6) is 0. The molecule has 0 atom stereocenters. The molecule has 0 unspecified atom stereocenters. The first-order chi connectivity index (χ1) is 5.79. The molecule has 0 aliphatic heterocycles. The van der Waals surface area contributed by atoms with Crippen LogP contribution in [0.15, 0.2) is 24.5 Å². The van der Waals surface area contributed by atoms with E-state index in [0.717, 1.165) is 5.39 Å². The highest BCUT2D eigenvalue weighted by atomic mass is 35.5. The molecular formula is C8H6ClN3. The van der Waals surface area contributed by atoms with Crippen LogP contribution in [0.25, 0.3) is 10.9 Å². The van der Waals surface area contributed by atoms with Gasteiger partial charge in [0.25, 0.3) is 0 Å². The number of fused-ring (bicyclic) bond motifs is 1. The van der Waals surface area contributed by atoms with Gasteiger partial charge >= 0.3 is 0 Å². The summed E-state index contributed by atoms with van der Waals surface area (Å²) in [5.41, 5.74) is 6.92. The number of anilines is 1. The van der Waals surface area contributed by atoms with Crippen LogP contribution in [0.5, 0.6) is 0 Å². The van der Waals surface area contributed by atoms with Crippen molar-refractivity contribution in [3.8, 4) is 0 Å². The van der Waals surface area contributed by atoms with Crippen LogP contribution in [0.1, 0.15) is 0 Å². The van der Waals surface area contributed by atoms with Crippen LogP contribution in [0.4, 0.5) is 5.69 Å². The van der Waals surface area contributed by atoms with E-state index >= 15 is 0 Å². The van der Waals surface area contributed by atoms with Gasteiger partial charge in [0.1, 0.15) is 5.52 Å². The van der Waals surface area contributed by atoms with Gasteiger partial charge in [0.05, 0.1) is 11.9 Å². The SMILES string of the molecule is Nc1cnc(Cl)c2ncccc12. The molecule has 0 aliphatic rings. The summed E-state index contributed by atoms with van der Waals surface area (Å²) < 4.78 is 0. The Hall–Kier alpha value is -1.35. The smallest absolute Gasteiger partial charge is 0.155 e. The Bertz CT molecular complexity index is 387. The number of hydrogen-bond acceptors (Lipinski definition) is 3. The van der Waals surface area contributed by atoms with Gasteiger partial charge in [0, 0.05) is 11.6 Å². The summed E-state index contributed by atoms with van der Waals surface area (Å²) in [5, 5.41) is 1.23. The Morgan fingerprint density at radius 3 is 2.92 bits per heavy atom. The summed E-state index contributed by atoms with van der Waals surface area (Å²) in [6.45, 7) is 0. The number of aromatic nitrogens is 2. The van der Waals surface area contributed by atoms with E-state index < -0.39 is 0 Å². The highest BCUT2D eigenvalue weighted by molar-refractivity contribution is 6.34. The maximum absolute atomic E-state index is 5.80. The minimum atomic E-state index is 0.389. The molecule has 2 rings (SSSR count). The normalized spacial score (nSPS) is 10.4. The van der Waals surface area contributed by atoms with Crippen molar-refractivity contribution < 1.29 is 0 Å². The Balaban J connectivity index is 2.95. The highest BCUT2D eigenvalue weighted by Crippen LogP contribution is 2.22. The van der Waals surface area contributed by atoms with Gasteiger partial charge in [0.2, 0.25) is 0 Å². The second-order valence-corrected chi connectivity index (χ2v) is 2.76. The lowest BCUT2D eigenvalue weighted by Crippen LogP contribution is -1.90. The van der Waals surface area contributed by atoms with Gasteiger partial charge in [-0.1, -0.05) is 11.6 Å². The molecule has 0 amide bonds. The molecule has 0 radical (unpaired) electrons. The third kappa shape index (κ3) is 0.987. The molecular weight excluding hydrogens is 174 g/mol. The van der Waals surface area contributed by atoms with Crippen molar-refractivity contribution in [1.29, 1.82) is 0 Å². The van der Waals surface area contributed by atoms with Crippen LogP contribution in [0, 0.1) is 0 Å². The van der Waals surface area contributed by atoms with Gasteiger partial charge in [-0.2, -0.15) is 0 Å². The zero-order valence-corrected chi connectivity index (χ0v) is 6.92. The Labute approximate surface area is 74.2 Å². The fourth-order valence-corrected chi connectivity index (χ4v) is 1.26. The molecule has 0 spiro atoms. The van der Waals surface area contributed by atoms with E-state index in [0.29, 0.717) is 16.4 Å². The maximum Gasteiger partial charge on any atom is 0.155 e. The number of nitrogen functional groups attached to an aromatic ring is 1. The third-order valence-corrected chi connectivity index (χ3v) is 1.91. The zero-order chi connectivity index (χ0) is 8.55. The first-order valence-corrected chi connectivity index (χ1v) is 3.81. The molecule has 12 heavy (non-hydrogen) atoms. The van der Waals surface area contributed by atoms with Crippen molar-refractivity contribution in [2.45, 2.75) is 0 Å². The second kappa shape index (κ2) is 2.60. The lowest BCUT2D eigenvalue weighted by Gasteiger charge is -2.00. The lowest BCUT2D eigenvalue weighted by atomic mass is 10.2. The van der Waals surface area contributed by atoms with E-state index in [1.165, 1.54) is 6.20 Å². The molecule has 0 fully saturated rings. The average molecular weight is 180 g/mol. The number of halogens is 1. The van der Waals surface area contributed by atoms with E-state index in [1.54, 1.807) is 6.20 Å². The average Bonchev–Trinajstić information content (AvgIpc) is 2.12. The first kappa shape index (κ1) is 7.31. The van der Waals surface area contributed by atoms with Gasteiger partial charge in [-0.05, 0) is 12.1 Å². The van der Waals surface area contributed by atoms with E-state index in [1.807, 2.05) is 12.1 Å². The molecule has 0 saturated carbocycles. The molecule has 2 heterocycles. The molecule has 2 aromatic rings. The van der Waals surface area contributed by atoms with Crippen molar-refractivity contribution in [1.82, 2.24) is 9.97 Å². The van der Waals surface area contributed by atoms with E-state index in [-0.39, 0.29) is 0 Å². The molecule has 0 aliphatic carbocycles. The minimum Gasteiger partial charge on any atom is -0.397 e. The number of pyridine rings is 2. The summed E-state index contributed by atoms with van der Waals surface area (Å²) in [6.07, 6.45) is 3.20. The number of rotatable bonds is 0. The molecule has 4 heteroatoms. The summed E-state index contributed by atoms with van der Waals surface area (Å²) in [6, 6.07) is 3.68. The predicted octanol–water partition coefficient (Wildman–Crippen LogP) is 1.87. The van der Waals surface area contributed by atoms with E-state index in [9.17, 15) is 0 Å². The largest absolute Gasteiger partial charge is 0.397 e. The standard InChI is InChI=1S/C8H6ClN3/c9-8-7-5(2-1-3-11-7)6(10)4-12-8/h1-4H,10H2. The van der Waals surface area contributed by atoms with Crippen LogP contribution in [0.2, 0.25) is 5.15 Å². The predicted molar refractivity (Wildman–Crippen MR) is 49.0 cm³/mol. The number of nitrogens with two attached hydrogens (primary N) is 1. The molecule has 2 aromatic heterocycles. The Morgan fingerprint density at radius 2 is 2.17 bits per heavy atom. The van der Waals surface area contributed by atoms with Gasteiger partial charge in [-0.3, -0.25) is 4.98 Å². The Kier molecular flexibility index (Phi) is 1.59. The summed E-state index contributed by atoms with van der Waals surface area (Å²) in [7, 11) is 0. The van der Waals surface area contributed by atoms with E-state index in [2.05, 4.69) is 9.97 Å². The Morgan fingerprint density at radius 1 is 1.33 bits per heavy atom. The molecule has 0 bridgehead atoms. The van der Waals surface area contributed by atoms with Crippen molar-refractivity contribution >= 4 is 28.2 Å². The number of hydrogen-bond donors (Lipinski definition) is 1. The summed E-state index contributed by atoms with van der Waals surface area (Å²) in [4.78, 5) is 7.95. The van der Waals surface area contributed by atoms with Crippen molar-refractivity contribution in [3.63, 3.8) is 0 Å². The quantitative estimate of drug-likeness (QED) is 0.628. The highest BCUT2D eigenvalue weighted by Gasteiger charge is 2.02. The maximum atomic E-state index is 5.80. The van der Waals surface area contributed by atoms with Gasteiger partial charge in [0.15, 0.2) is 5.15 Å².